The summed E-state index contributed by atoms with van der Waals surface area (Å²) in [5.41, 5.74) is 0. The first-order valence-electron chi connectivity index (χ1n) is 5.00. The molecule has 0 amide bonds. The van der Waals surface area contributed by atoms with Gasteiger partial charge in [-0.1, -0.05) is 38.5 Å². The van der Waals surface area contributed by atoms with Crippen LogP contribution in [-0.2, 0) is 4.79 Å². The molecule has 1 nitrogen and oxygen atoms in total. The van der Waals surface area contributed by atoms with E-state index >= 15 is 0 Å². The van der Waals surface area contributed by atoms with Gasteiger partial charge in [-0.25, -0.2) is 0 Å². The highest BCUT2D eigenvalue weighted by Crippen LogP contribution is 2.23. The van der Waals surface area contributed by atoms with E-state index in [9.17, 15) is 4.79 Å². The number of carbonyl (C=O) groups is 1. The third-order valence-corrected chi connectivity index (χ3v) is 2.98. The summed E-state index contributed by atoms with van der Waals surface area (Å²) < 4.78 is 0. The summed E-state index contributed by atoms with van der Waals surface area (Å²) in [6.45, 7) is 0. The molecule has 0 aromatic heterocycles. The predicted octanol–water partition coefficient (Wildman–Crippen LogP) is 3.50. The SMILES string of the molecule is O=C(Cl)C1CCCCCCCC1. The second-order valence-electron chi connectivity index (χ2n) is 3.70. The lowest BCUT2D eigenvalue weighted by Crippen LogP contribution is -2.08. The summed E-state index contributed by atoms with van der Waals surface area (Å²) in [6, 6.07) is 0. The van der Waals surface area contributed by atoms with E-state index in [0.29, 0.717) is 0 Å². The molecule has 0 unspecified atom stereocenters. The Kier molecular flexibility index (Phi) is 4.67. The van der Waals surface area contributed by atoms with Crippen LogP contribution < -0.4 is 0 Å². The Morgan fingerprint density at radius 1 is 0.917 bits per heavy atom. The zero-order chi connectivity index (χ0) is 8.81. The molecule has 1 fully saturated rings. The number of rotatable bonds is 1. The Labute approximate surface area is 79.5 Å². The highest BCUT2D eigenvalue weighted by atomic mass is 35.5. The van der Waals surface area contributed by atoms with Gasteiger partial charge in [-0.2, -0.15) is 0 Å². The Morgan fingerprint density at radius 2 is 1.33 bits per heavy atom. The molecule has 1 saturated carbocycles. The van der Waals surface area contributed by atoms with Crippen molar-refractivity contribution in [1.82, 2.24) is 0 Å². The molecule has 70 valence electrons. The van der Waals surface area contributed by atoms with E-state index in [0.717, 1.165) is 12.8 Å². The summed E-state index contributed by atoms with van der Waals surface area (Å²) >= 11 is 5.50. The monoisotopic (exact) mass is 188 g/mol. The van der Waals surface area contributed by atoms with Crippen molar-refractivity contribution < 1.29 is 4.79 Å². The van der Waals surface area contributed by atoms with Crippen molar-refractivity contribution >= 4 is 16.8 Å². The molecule has 12 heavy (non-hydrogen) atoms. The quantitative estimate of drug-likeness (QED) is 0.576. The fourth-order valence-corrected chi connectivity index (χ4v) is 2.08. The normalized spacial score (nSPS) is 22.4. The van der Waals surface area contributed by atoms with E-state index in [1.807, 2.05) is 0 Å². The molecule has 0 atom stereocenters. The minimum atomic E-state index is -0.114. The molecule has 0 bridgehead atoms. The summed E-state index contributed by atoms with van der Waals surface area (Å²) in [5, 5.41) is -0.114. The van der Waals surface area contributed by atoms with E-state index in [4.69, 9.17) is 11.6 Å². The van der Waals surface area contributed by atoms with E-state index in [-0.39, 0.29) is 11.2 Å². The molecule has 0 aromatic rings. The van der Waals surface area contributed by atoms with Crippen LogP contribution in [0.5, 0.6) is 0 Å². The molecule has 0 aromatic carbocycles. The van der Waals surface area contributed by atoms with Crippen molar-refractivity contribution in [3.8, 4) is 0 Å². The minimum absolute atomic E-state index is 0.114. The van der Waals surface area contributed by atoms with Crippen molar-refractivity contribution in [2.45, 2.75) is 51.4 Å². The number of hydrogen-bond donors (Lipinski definition) is 0. The van der Waals surface area contributed by atoms with Gasteiger partial charge in [-0.05, 0) is 24.4 Å². The van der Waals surface area contributed by atoms with E-state index < -0.39 is 0 Å². The van der Waals surface area contributed by atoms with Gasteiger partial charge < -0.3 is 0 Å². The van der Waals surface area contributed by atoms with E-state index in [2.05, 4.69) is 0 Å². The van der Waals surface area contributed by atoms with Crippen LogP contribution in [-0.4, -0.2) is 5.24 Å². The van der Waals surface area contributed by atoms with Gasteiger partial charge in [-0.15, -0.1) is 0 Å². The smallest absolute Gasteiger partial charge is 0.224 e. The number of carbonyl (C=O) groups excluding carboxylic acids is 1. The summed E-state index contributed by atoms with van der Waals surface area (Å²) in [6.07, 6.45) is 9.63. The van der Waals surface area contributed by atoms with Gasteiger partial charge >= 0.3 is 0 Å². The fraction of sp³-hybridized carbons (Fsp3) is 0.900. The van der Waals surface area contributed by atoms with Crippen LogP contribution in [0.4, 0.5) is 0 Å². The zero-order valence-corrected chi connectivity index (χ0v) is 8.28. The first kappa shape index (κ1) is 10.0. The second-order valence-corrected chi connectivity index (χ2v) is 4.07. The van der Waals surface area contributed by atoms with Gasteiger partial charge in [0, 0.05) is 5.92 Å². The lowest BCUT2D eigenvalue weighted by Gasteiger charge is -2.09. The highest BCUT2D eigenvalue weighted by Gasteiger charge is 2.16. The predicted molar refractivity (Wildman–Crippen MR) is 51.3 cm³/mol. The maximum Gasteiger partial charge on any atom is 0.224 e. The van der Waals surface area contributed by atoms with Crippen LogP contribution in [0.25, 0.3) is 0 Å². The van der Waals surface area contributed by atoms with E-state index in [1.165, 1.54) is 38.5 Å². The highest BCUT2D eigenvalue weighted by molar-refractivity contribution is 6.63. The average molecular weight is 189 g/mol. The molecule has 1 aliphatic rings. The number of halogens is 1. The molecular formula is C10H17ClO. The molecular weight excluding hydrogens is 172 g/mol. The molecule has 1 aliphatic carbocycles. The third kappa shape index (κ3) is 3.57. The number of hydrogen-bond acceptors (Lipinski definition) is 1. The average Bonchev–Trinajstić information content (AvgIpc) is 2.15. The van der Waals surface area contributed by atoms with Crippen LogP contribution >= 0.6 is 11.6 Å². The van der Waals surface area contributed by atoms with Gasteiger partial charge in [0.25, 0.3) is 0 Å². The Bertz CT molecular complexity index is 135. The van der Waals surface area contributed by atoms with Gasteiger partial charge in [0.05, 0.1) is 0 Å². The van der Waals surface area contributed by atoms with Gasteiger partial charge in [0.1, 0.15) is 0 Å². The largest absolute Gasteiger partial charge is 0.281 e. The van der Waals surface area contributed by atoms with Crippen molar-refractivity contribution in [1.29, 1.82) is 0 Å². The molecule has 2 heteroatoms. The molecule has 0 aliphatic heterocycles. The topological polar surface area (TPSA) is 17.1 Å². The lowest BCUT2D eigenvalue weighted by molar-refractivity contribution is -0.115. The third-order valence-electron chi connectivity index (χ3n) is 2.68. The summed E-state index contributed by atoms with van der Waals surface area (Å²) in [4.78, 5) is 10.9. The maximum atomic E-state index is 10.9. The summed E-state index contributed by atoms with van der Waals surface area (Å²) in [5.74, 6) is 0.157. The van der Waals surface area contributed by atoms with Crippen molar-refractivity contribution in [3.63, 3.8) is 0 Å². The molecule has 1 rings (SSSR count). The first-order valence-corrected chi connectivity index (χ1v) is 5.38. The minimum Gasteiger partial charge on any atom is -0.281 e. The van der Waals surface area contributed by atoms with Crippen LogP contribution in [0.3, 0.4) is 0 Å². The zero-order valence-electron chi connectivity index (χ0n) is 7.52. The van der Waals surface area contributed by atoms with Crippen LogP contribution in [0, 0.1) is 5.92 Å². The van der Waals surface area contributed by atoms with Crippen LogP contribution in [0.1, 0.15) is 51.4 Å². The van der Waals surface area contributed by atoms with E-state index in [1.54, 1.807) is 0 Å². The Morgan fingerprint density at radius 3 is 1.75 bits per heavy atom. The van der Waals surface area contributed by atoms with Crippen molar-refractivity contribution in [2.75, 3.05) is 0 Å². The van der Waals surface area contributed by atoms with Crippen LogP contribution in [0.2, 0.25) is 0 Å². The molecule has 0 radical (unpaired) electrons. The maximum absolute atomic E-state index is 10.9. The second kappa shape index (κ2) is 5.58. The standard InChI is InChI=1S/C10H17ClO/c11-10(12)9-7-5-3-1-2-4-6-8-9/h9H,1-8H2. The van der Waals surface area contributed by atoms with Crippen molar-refractivity contribution in [2.24, 2.45) is 5.92 Å². The van der Waals surface area contributed by atoms with Crippen molar-refractivity contribution in [3.05, 3.63) is 0 Å². The fourth-order valence-electron chi connectivity index (χ4n) is 1.86. The Hall–Kier alpha value is -0.0400. The molecule has 0 spiro atoms. The molecule has 0 saturated heterocycles. The van der Waals surface area contributed by atoms with Crippen LogP contribution in [0.15, 0.2) is 0 Å². The molecule has 0 heterocycles. The Balaban J connectivity index is 2.33. The molecule has 0 N–H and O–H groups in total. The lowest BCUT2D eigenvalue weighted by atomic mass is 9.99. The first-order chi connectivity index (χ1) is 5.80. The van der Waals surface area contributed by atoms with Gasteiger partial charge in [0.15, 0.2) is 0 Å². The van der Waals surface area contributed by atoms with Gasteiger partial charge in [-0.3, -0.25) is 4.79 Å². The summed E-state index contributed by atoms with van der Waals surface area (Å²) in [7, 11) is 0. The van der Waals surface area contributed by atoms with Gasteiger partial charge in [0.2, 0.25) is 5.24 Å².